The van der Waals surface area contributed by atoms with Gasteiger partial charge in [0.1, 0.15) is 35.9 Å². The minimum Gasteiger partial charge on any atom is -0.508 e. The first-order valence-corrected chi connectivity index (χ1v) is 8.99. The van der Waals surface area contributed by atoms with Crippen LogP contribution < -0.4 is 0 Å². The Kier molecular flexibility index (Phi) is 5.49. The molecule has 2 aromatic rings. The molecule has 2 aromatic carbocycles. The molecular weight excluding hydrogens is 368 g/mol. The molecule has 0 amide bonds. The Morgan fingerprint density at radius 1 is 0.607 bits per heavy atom. The molecule has 0 spiro atoms. The van der Waals surface area contributed by atoms with Crippen molar-refractivity contribution in [3.63, 3.8) is 0 Å². The molecule has 0 aromatic heterocycles. The number of fused-ring (bicyclic) bond motifs is 1. The number of hydrogen-bond acceptors (Lipinski definition) is 8. The fourth-order valence-corrected chi connectivity index (χ4v) is 3.31. The summed E-state index contributed by atoms with van der Waals surface area (Å²) in [5.41, 5.74) is 1.30. The number of phenols is 2. The molecule has 4 N–H and O–H groups in total. The molecule has 2 fully saturated rings. The van der Waals surface area contributed by atoms with Crippen molar-refractivity contribution in [2.24, 2.45) is 0 Å². The Morgan fingerprint density at radius 2 is 1.00 bits per heavy atom. The SMILES string of the molecule is Oc1ccc(C2OC[C@@H](O)[C@@H]3OC(c4ccc(O)cc4)O[C@H]3[C@@H](O)CO2)cc1. The number of phenolic OH excluding ortho intramolecular Hbond substituents is 2. The molecule has 8 heteroatoms. The molecular formula is C20H22O8. The number of aromatic hydroxyl groups is 2. The van der Waals surface area contributed by atoms with E-state index in [1.54, 1.807) is 24.3 Å². The second-order valence-electron chi connectivity index (χ2n) is 6.85. The topological polar surface area (TPSA) is 118 Å². The molecule has 2 aliphatic rings. The third kappa shape index (κ3) is 3.97. The zero-order valence-electron chi connectivity index (χ0n) is 14.9. The molecule has 2 unspecified atom stereocenters. The lowest BCUT2D eigenvalue weighted by atomic mass is 10.0. The van der Waals surface area contributed by atoms with Crippen LogP contribution in [0, 0.1) is 0 Å². The van der Waals surface area contributed by atoms with Gasteiger partial charge in [-0.3, -0.25) is 0 Å². The average Bonchev–Trinajstić information content (AvgIpc) is 3.15. The van der Waals surface area contributed by atoms with Crippen LogP contribution in [0.5, 0.6) is 11.5 Å². The Morgan fingerprint density at radius 3 is 1.43 bits per heavy atom. The summed E-state index contributed by atoms with van der Waals surface area (Å²) < 4.78 is 23.0. The van der Waals surface area contributed by atoms with Crippen LogP contribution in [-0.2, 0) is 18.9 Å². The highest BCUT2D eigenvalue weighted by Gasteiger charge is 2.46. The van der Waals surface area contributed by atoms with E-state index in [1.165, 1.54) is 24.3 Å². The van der Waals surface area contributed by atoms with Crippen LogP contribution in [0.15, 0.2) is 48.5 Å². The number of benzene rings is 2. The van der Waals surface area contributed by atoms with Crippen molar-refractivity contribution in [2.75, 3.05) is 13.2 Å². The first-order valence-electron chi connectivity index (χ1n) is 8.99. The third-order valence-corrected chi connectivity index (χ3v) is 4.81. The minimum absolute atomic E-state index is 0.0922. The van der Waals surface area contributed by atoms with Gasteiger partial charge in [0, 0.05) is 11.1 Å². The maximum Gasteiger partial charge on any atom is 0.184 e. The molecule has 0 saturated carbocycles. The summed E-state index contributed by atoms with van der Waals surface area (Å²) >= 11 is 0. The zero-order chi connectivity index (χ0) is 19.7. The van der Waals surface area contributed by atoms with Crippen LogP contribution >= 0.6 is 0 Å². The molecule has 0 radical (unpaired) electrons. The fraction of sp³-hybridized carbons (Fsp3) is 0.400. The molecule has 2 saturated heterocycles. The van der Waals surface area contributed by atoms with Crippen LogP contribution in [0.1, 0.15) is 23.7 Å². The average molecular weight is 390 g/mol. The summed E-state index contributed by atoms with van der Waals surface area (Å²) in [7, 11) is 0. The van der Waals surface area contributed by atoms with Gasteiger partial charge in [0.2, 0.25) is 0 Å². The lowest BCUT2D eigenvalue weighted by molar-refractivity contribution is -0.183. The smallest absolute Gasteiger partial charge is 0.184 e. The Bertz CT molecular complexity index is 712. The van der Waals surface area contributed by atoms with Gasteiger partial charge in [-0.05, 0) is 24.3 Å². The van der Waals surface area contributed by atoms with Gasteiger partial charge < -0.3 is 39.4 Å². The second kappa shape index (κ2) is 8.04. The number of aliphatic hydroxyl groups is 2. The van der Waals surface area contributed by atoms with Crippen LogP contribution in [0.2, 0.25) is 0 Å². The van der Waals surface area contributed by atoms with E-state index in [2.05, 4.69) is 0 Å². The van der Waals surface area contributed by atoms with Crippen molar-refractivity contribution in [1.29, 1.82) is 0 Å². The molecule has 28 heavy (non-hydrogen) atoms. The zero-order valence-corrected chi connectivity index (χ0v) is 14.9. The highest BCUT2D eigenvalue weighted by atomic mass is 16.7. The summed E-state index contributed by atoms with van der Waals surface area (Å²) in [5.74, 6) is 0.231. The first kappa shape index (κ1) is 19.1. The van der Waals surface area contributed by atoms with Crippen molar-refractivity contribution in [3.8, 4) is 11.5 Å². The summed E-state index contributed by atoms with van der Waals surface area (Å²) in [5, 5.41) is 40.0. The molecule has 0 bridgehead atoms. The molecule has 2 aliphatic heterocycles. The van der Waals surface area contributed by atoms with E-state index in [9.17, 15) is 20.4 Å². The lowest BCUT2D eigenvalue weighted by Crippen LogP contribution is -2.44. The van der Waals surface area contributed by atoms with Crippen molar-refractivity contribution in [1.82, 2.24) is 0 Å². The van der Waals surface area contributed by atoms with Gasteiger partial charge in [0.15, 0.2) is 12.6 Å². The van der Waals surface area contributed by atoms with Gasteiger partial charge >= 0.3 is 0 Å². The van der Waals surface area contributed by atoms with Gasteiger partial charge in [-0.2, -0.15) is 0 Å². The molecule has 8 nitrogen and oxygen atoms in total. The van der Waals surface area contributed by atoms with Gasteiger partial charge in [-0.15, -0.1) is 0 Å². The second-order valence-corrected chi connectivity index (χ2v) is 6.85. The minimum atomic E-state index is -1.05. The summed E-state index contributed by atoms with van der Waals surface area (Å²) in [4.78, 5) is 0. The largest absolute Gasteiger partial charge is 0.508 e. The predicted molar refractivity (Wildman–Crippen MR) is 95.4 cm³/mol. The Balaban J connectivity index is 1.49. The van der Waals surface area contributed by atoms with Crippen LogP contribution in [0.3, 0.4) is 0 Å². The summed E-state index contributed by atoms with van der Waals surface area (Å²) in [6.07, 6.45) is -5.32. The quantitative estimate of drug-likeness (QED) is 0.607. The molecule has 6 atom stereocenters. The molecule has 0 aliphatic carbocycles. The van der Waals surface area contributed by atoms with E-state index in [0.717, 1.165) is 0 Å². The van der Waals surface area contributed by atoms with Gasteiger partial charge in [0.25, 0.3) is 0 Å². The van der Waals surface area contributed by atoms with E-state index >= 15 is 0 Å². The number of hydrogen-bond donors (Lipinski definition) is 4. The Hall–Kier alpha value is -2.20. The van der Waals surface area contributed by atoms with Gasteiger partial charge in [0.05, 0.1) is 13.2 Å². The van der Waals surface area contributed by atoms with Crippen LogP contribution in [0.4, 0.5) is 0 Å². The number of ether oxygens (including phenoxy) is 4. The van der Waals surface area contributed by atoms with E-state index in [1.807, 2.05) is 0 Å². The van der Waals surface area contributed by atoms with E-state index in [4.69, 9.17) is 18.9 Å². The number of rotatable bonds is 2. The fourth-order valence-electron chi connectivity index (χ4n) is 3.31. The van der Waals surface area contributed by atoms with Crippen LogP contribution in [0.25, 0.3) is 0 Å². The van der Waals surface area contributed by atoms with Gasteiger partial charge in [-0.1, -0.05) is 24.3 Å². The monoisotopic (exact) mass is 390 g/mol. The third-order valence-electron chi connectivity index (χ3n) is 4.81. The normalized spacial score (nSPS) is 33.5. The predicted octanol–water partition coefficient (Wildman–Crippen LogP) is 1.35. The first-order chi connectivity index (χ1) is 13.5. The Labute approximate surface area is 161 Å². The number of aliphatic hydroxyl groups excluding tert-OH is 2. The molecule has 150 valence electrons. The highest BCUT2D eigenvalue weighted by molar-refractivity contribution is 5.27. The highest BCUT2D eigenvalue weighted by Crippen LogP contribution is 2.36. The van der Waals surface area contributed by atoms with E-state index < -0.39 is 37.0 Å². The maximum atomic E-state index is 10.6. The van der Waals surface area contributed by atoms with Crippen molar-refractivity contribution in [3.05, 3.63) is 59.7 Å². The molecule has 4 rings (SSSR count). The molecule has 2 heterocycles. The summed E-state index contributed by atoms with van der Waals surface area (Å²) in [6, 6.07) is 12.6. The van der Waals surface area contributed by atoms with Crippen molar-refractivity contribution < 1.29 is 39.4 Å². The standard InChI is InChI=1S/C20H22O8/c21-13-5-1-11(2-6-13)19-25-9-15(23)17-18(16(24)10-26-19)28-20(27-17)12-3-7-14(22)8-4-12/h1-8,15-24H,9-10H2/t15-,16+,17-,18-,19?,20?/m0/s1. The maximum absolute atomic E-state index is 10.6. The summed E-state index contributed by atoms with van der Waals surface area (Å²) in [6.45, 7) is -0.184. The van der Waals surface area contributed by atoms with E-state index in [-0.39, 0.29) is 24.7 Å². The lowest BCUT2D eigenvalue weighted by Gasteiger charge is -2.23. The van der Waals surface area contributed by atoms with Crippen molar-refractivity contribution in [2.45, 2.75) is 37.0 Å². The van der Waals surface area contributed by atoms with Gasteiger partial charge in [-0.25, -0.2) is 0 Å². The van der Waals surface area contributed by atoms with E-state index in [0.29, 0.717) is 11.1 Å². The van der Waals surface area contributed by atoms with Crippen molar-refractivity contribution >= 4 is 0 Å². The van der Waals surface area contributed by atoms with Crippen LogP contribution in [-0.4, -0.2) is 58.1 Å².